The number of nitrogens with zero attached hydrogens (tertiary/aromatic N) is 1. The van der Waals surface area contributed by atoms with Gasteiger partial charge in [0.15, 0.2) is 5.96 Å². The lowest BCUT2D eigenvalue weighted by atomic mass is 10.0. The highest BCUT2D eigenvalue weighted by molar-refractivity contribution is 5.81. The lowest BCUT2D eigenvalue weighted by Gasteiger charge is -2.13. The van der Waals surface area contributed by atoms with Crippen molar-refractivity contribution < 1.29 is 4.79 Å². The third kappa shape index (κ3) is 6.67. The van der Waals surface area contributed by atoms with Crippen LogP contribution in [0.2, 0.25) is 0 Å². The van der Waals surface area contributed by atoms with Crippen molar-refractivity contribution in [2.24, 2.45) is 16.8 Å². The Kier molecular flexibility index (Phi) is 7.54. The first-order chi connectivity index (χ1) is 10.8. The Morgan fingerprint density at radius 2 is 1.64 bits per heavy atom. The summed E-state index contributed by atoms with van der Waals surface area (Å²) in [6, 6.07) is 0. The van der Waals surface area contributed by atoms with Crippen LogP contribution in [-0.2, 0) is 4.79 Å². The molecular formula is C17H32N4O. The van der Waals surface area contributed by atoms with E-state index in [0.717, 1.165) is 37.8 Å². The molecule has 0 aliphatic heterocycles. The third-order valence-electron chi connectivity index (χ3n) is 4.69. The molecule has 0 bridgehead atoms. The predicted octanol–water partition coefficient (Wildman–Crippen LogP) is 2.04. The number of carbonyl (C=O) groups excluding carboxylic acids is 1. The number of nitrogens with one attached hydrogen (secondary N) is 3. The second-order valence-electron chi connectivity index (χ2n) is 6.64. The van der Waals surface area contributed by atoms with Gasteiger partial charge in [0.2, 0.25) is 5.91 Å². The number of rotatable bonds is 9. The highest BCUT2D eigenvalue weighted by Crippen LogP contribution is 2.29. The SMILES string of the molecule is CN=C(NCCCCC1CCCC1)NCCNC(=O)C1CC1. The fourth-order valence-corrected chi connectivity index (χ4v) is 3.14. The molecule has 5 heteroatoms. The maximum atomic E-state index is 11.5. The Labute approximate surface area is 134 Å². The second kappa shape index (κ2) is 9.70. The van der Waals surface area contributed by atoms with Crippen molar-refractivity contribution in [3.8, 4) is 0 Å². The Morgan fingerprint density at radius 1 is 0.955 bits per heavy atom. The van der Waals surface area contributed by atoms with Gasteiger partial charge in [-0.2, -0.15) is 0 Å². The number of aliphatic imine (C=N–C) groups is 1. The van der Waals surface area contributed by atoms with Gasteiger partial charge in [-0.05, 0) is 25.2 Å². The number of guanidine groups is 1. The van der Waals surface area contributed by atoms with E-state index in [1.165, 1.54) is 44.9 Å². The van der Waals surface area contributed by atoms with Crippen LogP contribution >= 0.6 is 0 Å². The Bertz CT molecular complexity index is 360. The summed E-state index contributed by atoms with van der Waals surface area (Å²) >= 11 is 0. The number of carbonyl (C=O) groups is 1. The van der Waals surface area contributed by atoms with Crippen LogP contribution in [0.3, 0.4) is 0 Å². The van der Waals surface area contributed by atoms with E-state index in [4.69, 9.17) is 0 Å². The van der Waals surface area contributed by atoms with E-state index < -0.39 is 0 Å². The number of unbranched alkanes of at least 4 members (excludes halogenated alkanes) is 1. The average Bonchev–Trinajstić information content (AvgIpc) is 3.26. The summed E-state index contributed by atoms with van der Waals surface area (Å²) in [4.78, 5) is 15.7. The van der Waals surface area contributed by atoms with Gasteiger partial charge in [-0.1, -0.05) is 38.5 Å². The molecule has 5 nitrogen and oxygen atoms in total. The van der Waals surface area contributed by atoms with Gasteiger partial charge in [0.1, 0.15) is 0 Å². The van der Waals surface area contributed by atoms with Crippen LogP contribution in [0.4, 0.5) is 0 Å². The minimum absolute atomic E-state index is 0.205. The van der Waals surface area contributed by atoms with Gasteiger partial charge < -0.3 is 16.0 Å². The first-order valence-corrected chi connectivity index (χ1v) is 9.02. The van der Waals surface area contributed by atoms with Crippen LogP contribution in [0.25, 0.3) is 0 Å². The van der Waals surface area contributed by atoms with Crippen molar-refractivity contribution in [1.29, 1.82) is 0 Å². The smallest absolute Gasteiger partial charge is 0.223 e. The predicted molar refractivity (Wildman–Crippen MR) is 90.9 cm³/mol. The van der Waals surface area contributed by atoms with Crippen molar-refractivity contribution in [3.63, 3.8) is 0 Å². The second-order valence-corrected chi connectivity index (χ2v) is 6.64. The van der Waals surface area contributed by atoms with Crippen LogP contribution in [0.1, 0.15) is 57.8 Å². The van der Waals surface area contributed by atoms with Crippen LogP contribution < -0.4 is 16.0 Å². The molecule has 2 rings (SSSR count). The van der Waals surface area contributed by atoms with Gasteiger partial charge >= 0.3 is 0 Å². The van der Waals surface area contributed by atoms with Crippen molar-refractivity contribution in [3.05, 3.63) is 0 Å². The van der Waals surface area contributed by atoms with E-state index in [0.29, 0.717) is 6.54 Å². The molecule has 22 heavy (non-hydrogen) atoms. The molecule has 2 fully saturated rings. The molecule has 0 unspecified atom stereocenters. The quantitative estimate of drug-likeness (QED) is 0.347. The molecule has 2 saturated carbocycles. The molecule has 126 valence electrons. The number of hydrogen-bond acceptors (Lipinski definition) is 2. The topological polar surface area (TPSA) is 65.5 Å². The fourth-order valence-electron chi connectivity index (χ4n) is 3.14. The zero-order valence-corrected chi connectivity index (χ0v) is 14.0. The normalized spacial score (nSPS) is 19.2. The lowest BCUT2D eigenvalue weighted by Crippen LogP contribution is -2.42. The number of amides is 1. The minimum atomic E-state index is 0.205. The molecule has 0 aromatic carbocycles. The monoisotopic (exact) mass is 308 g/mol. The molecule has 0 spiro atoms. The first kappa shape index (κ1) is 17.1. The van der Waals surface area contributed by atoms with Gasteiger partial charge in [0.25, 0.3) is 0 Å². The van der Waals surface area contributed by atoms with Gasteiger partial charge in [-0.15, -0.1) is 0 Å². The molecule has 0 aromatic heterocycles. The largest absolute Gasteiger partial charge is 0.356 e. The molecular weight excluding hydrogens is 276 g/mol. The first-order valence-electron chi connectivity index (χ1n) is 9.02. The van der Waals surface area contributed by atoms with Crippen molar-refractivity contribution in [1.82, 2.24) is 16.0 Å². The fraction of sp³-hybridized carbons (Fsp3) is 0.882. The maximum Gasteiger partial charge on any atom is 0.223 e. The summed E-state index contributed by atoms with van der Waals surface area (Å²) in [5.74, 6) is 2.32. The van der Waals surface area contributed by atoms with Gasteiger partial charge in [0.05, 0.1) is 0 Å². The van der Waals surface area contributed by atoms with E-state index in [9.17, 15) is 4.79 Å². The molecule has 0 atom stereocenters. The molecule has 2 aliphatic carbocycles. The van der Waals surface area contributed by atoms with Crippen molar-refractivity contribution in [2.75, 3.05) is 26.7 Å². The van der Waals surface area contributed by atoms with E-state index >= 15 is 0 Å². The Hall–Kier alpha value is -1.26. The average molecular weight is 308 g/mol. The van der Waals surface area contributed by atoms with Crippen LogP contribution in [0.5, 0.6) is 0 Å². The Morgan fingerprint density at radius 3 is 2.32 bits per heavy atom. The van der Waals surface area contributed by atoms with E-state index in [-0.39, 0.29) is 11.8 Å². The van der Waals surface area contributed by atoms with E-state index in [1.54, 1.807) is 7.05 Å². The van der Waals surface area contributed by atoms with Crippen LogP contribution in [-0.4, -0.2) is 38.5 Å². The van der Waals surface area contributed by atoms with Gasteiger partial charge in [0, 0.05) is 32.6 Å². The zero-order valence-electron chi connectivity index (χ0n) is 14.0. The standard InChI is InChI=1S/C17H32N4O/c1-18-17(21-13-12-19-16(22)15-9-10-15)20-11-5-4-8-14-6-2-3-7-14/h14-15H,2-13H2,1H3,(H,19,22)(H2,18,20,21). The van der Waals surface area contributed by atoms with E-state index in [2.05, 4.69) is 20.9 Å². The van der Waals surface area contributed by atoms with Crippen molar-refractivity contribution in [2.45, 2.75) is 57.8 Å². The minimum Gasteiger partial charge on any atom is -0.356 e. The van der Waals surface area contributed by atoms with Gasteiger partial charge in [-0.3, -0.25) is 9.79 Å². The van der Waals surface area contributed by atoms with E-state index in [1.807, 2.05) is 0 Å². The summed E-state index contributed by atoms with van der Waals surface area (Å²) in [6.07, 6.45) is 11.8. The van der Waals surface area contributed by atoms with Crippen molar-refractivity contribution >= 4 is 11.9 Å². The highest BCUT2D eigenvalue weighted by Gasteiger charge is 2.28. The molecule has 0 saturated heterocycles. The van der Waals surface area contributed by atoms with Crippen LogP contribution in [0.15, 0.2) is 4.99 Å². The molecule has 2 aliphatic rings. The summed E-state index contributed by atoms with van der Waals surface area (Å²) in [5.41, 5.74) is 0. The summed E-state index contributed by atoms with van der Waals surface area (Å²) in [7, 11) is 1.79. The summed E-state index contributed by atoms with van der Waals surface area (Å²) < 4.78 is 0. The lowest BCUT2D eigenvalue weighted by molar-refractivity contribution is -0.122. The molecule has 0 heterocycles. The highest BCUT2D eigenvalue weighted by atomic mass is 16.2. The summed E-state index contributed by atoms with van der Waals surface area (Å²) in [5, 5.41) is 9.53. The van der Waals surface area contributed by atoms with Crippen LogP contribution in [0, 0.1) is 11.8 Å². The molecule has 0 radical (unpaired) electrons. The summed E-state index contributed by atoms with van der Waals surface area (Å²) in [6.45, 7) is 2.36. The zero-order chi connectivity index (χ0) is 15.6. The third-order valence-corrected chi connectivity index (χ3v) is 4.69. The maximum absolute atomic E-state index is 11.5. The molecule has 0 aromatic rings. The number of hydrogen-bond donors (Lipinski definition) is 3. The van der Waals surface area contributed by atoms with Gasteiger partial charge in [-0.25, -0.2) is 0 Å². The molecule has 1 amide bonds. The Balaban J connectivity index is 1.43. The molecule has 3 N–H and O–H groups in total.